The molecule has 1 saturated heterocycles. The summed E-state index contributed by atoms with van der Waals surface area (Å²) < 4.78 is 11.4. The summed E-state index contributed by atoms with van der Waals surface area (Å²) >= 11 is 0. The summed E-state index contributed by atoms with van der Waals surface area (Å²) in [6.07, 6.45) is 4.96. The zero-order valence-electron chi connectivity index (χ0n) is 17.7. The summed E-state index contributed by atoms with van der Waals surface area (Å²) in [4.78, 5) is 5.13. The average Bonchev–Trinajstić information content (AvgIpc) is 2.76. The summed E-state index contributed by atoms with van der Waals surface area (Å²) in [5.74, 6) is 1.63. The van der Waals surface area contributed by atoms with Gasteiger partial charge in [0, 0.05) is 32.7 Å². The van der Waals surface area contributed by atoms with Crippen LogP contribution in [0.5, 0.6) is 11.5 Å². The molecule has 0 atom stereocenters. The van der Waals surface area contributed by atoms with Crippen LogP contribution in [0.2, 0.25) is 0 Å². The van der Waals surface area contributed by atoms with E-state index in [0.717, 1.165) is 76.6 Å². The Labute approximate surface area is 175 Å². The number of ether oxygens (including phenoxy) is 2. The third kappa shape index (κ3) is 6.91. The fourth-order valence-electron chi connectivity index (χ4n) is 3.76. The van der Waals surface area contributed by atoms with Crippen molar-refractivity contribution in [2.45, 2.75) is 25.8 Å². The van der Waals surface area contributed by atoms with Crippen molar-refractivity contribution in [2.75, 3.05) is 46.4 Å². The van der Waals surface area contributed by atoms with Crippen LogP contribution < -0.4 is 9.47 Å². The second-order valence-corrected chi connectivity index (χ2v) is 7.64. The molecule has 29 heavy (non-hydrogen) atoms. The van der Waals surface area contributed by atoms with Crippen LogP contribution in [0.1, 0.15) is 24.0 Å². The quantitative estimate of drug-likeness (QED) is 0.417. The summed E-state index contributed by atoms with van der Waals surface area (Å²) in [5, 5.41) is 0. The molecule has 3 rings (SSSR count). The molecule has 0 aromatic heterocycles. The van der Waals surface area contributed by atoms with Crippen LogP contribution in [0.25, 0.3) is 0 Å². The molecule has 4 heteroatoms. The second kappa shape index (κ2) is 11.6. The largest absolute Gasteiger partial charge is 0.493 e. The Morgan fingerprint density at radius 3 is 2.38 bits per heavy atom. The van der Waals surface area contributed by atoms with Crippen molar-refractivity contribution >= 4 is 0 Å². The van der Waals surface area contributed by atoms with Gasteiger partial charge in [-0.2, -0.15) is 0 Å². The molecule has 2 aromatic carbocycles. The van der Waals surface area contributed by atoms with Crippen LogP contribution >= 0.6 is 0 Å². The maximum absolute atomic E-state index is 5.96. The van der Waals surface area contributed by atoms with Crippen LogP contribution in [-0.2, 0) is 13.0 Å². The van der Waals surface area contributed by atoms with E-state index in [1.165, 1.54) is 11.1 Å². The number of methoxy groups -OCH3 is 1. The molecule has 1 fully saturated rings. The SMILES string of the molecule is C=CCc1ccc(OCCCCN2CCN(Cc3ccccc3)CC2)c(OC)c1. The lowest BCUT2D eigenvalue weighted by molar-refractivity contribution is 0.124. The fourth-order valence-corrected chi connectivity index (χ4v) is 3.76. The highest BCUT2D eigenvalue weighted by atomic mass is 16.5. The van der Waals surface area contributed by atoms with Crippen LogP contribution in [0.3, 0.4) is 0 Å². The van der Waals surface area contributed by atoms with Gasteiger partial charge in [0.25, 0.3) is 0 Å². The maximum Gasteiger partial charge on any atom is 0.161 e. The predicted octanol–water partition coefficient (Wildman–Crippen LogP) is 4.40. The van der Waals surface area contributed by atoms with Crippen molar-refractivity contribution in [2.24, 2.45) is 0 Å². The fraction of sp³-hybridized carbons (Fsp3) is 0.440. The lowest BCUT2D eigenvalue weighted by Gasteiger charge is -2.34. The number of hydrogen-bond acceptors (Lipinski definition) is 4. The number of nitrogens with zero attached hydrogens (tertiary/aromatic N) is 2. The minimum Gasteiger partial charge on any atom is -0.493 e. The van der Waals surface area contributed by atoms with E-state index >= 15 is 0 Å². The van der Waals surface area contributed by atoms with Gasteiger partial charge in [-0.25, -0.2) is 0 Å². The van der Waals surface area contributed by atoms with Crippen molar-refractivity contribution in [3.8, 4) is 11.5 Å². The smallest absolute Gasteiger partial charge is 0.161 e. The van der Waals surface area contributed by atoms with Gasteiger partial charge in [0.15, 0.2) is 11.5 Å². The molecule has 0 amide bonds. The number of piperazine rings is 1. The van der Waals surface area contributed by atoms with Gasteiger partial charge in [0.2, 0.25) is 0 Å². The molecule has 4 nitrogen and oxygen atoms in total. The van der Waals surface area contributed by atoms with Gasteiger partial charge >= 0.3 is 0 Å². The predicted molar refractivity (Wildman–Crippen MR) is 120 cm³/mol. The molecule has 0 spiro atoms. The van der Waals surface area contributed by atoms with E-state index in [9.17, 15) is 0 Å². The molecule has 156 valence electrons. The molecule has 0 unspecified atom stereocenters. The lowest BCUT2D eigenvalue weighted by atomic mass is 10.1. The van der Waals surface area contributed by atoms with E-state index in [0.29, 0.717) is 0 Å². The normalized spacial score (nSPS) is 15.2. The van der Waals surface area contributed by atoms with E-state index < -0.39 is 0 Å². The molecule has 0 bridgehead atoms. The lowest BCUT2D eigenvalue weighted by Crippen LogP contribution is -2.46. The third-order valence-electron chi connectivity index (χ3n) is 5.45. The number of allylic oxidation sites excluding steroid dienone is 1. The average molecular weight is 395 g/mol. The molecule has 1 heterocycles. The standard InChI is InChI=1S/C25H34N2O2/c1-3-9-22-12-13-24(25(20-22)28-2)29-19-8-7-14-26-15-17-27(18-16-26)21-23-10-5-4-6-11-23/h3-6,10-13,20H,1,7-9,14-19,21H2,2H3. The highest BCUT2D eigenvalue weighted by Gasteiger charge is 2.16. The Morgan fingerprint density at radius 2 is 1.66 bits per heavy atom. The Kier molecular flexibility index (Phi) is 8.59. The molecular formula is C25H34N2O2. The van der Waals surface area contributed by atoms with Crippen molar-refractivity contribution in [3.05, 3.63) is 72.3 Å². The molecular weight excluding hydrogens is 360 g/mol. The van der Waals surface area contributed by atoms with E-state index in [-0.39, 0.29) is 0 Å². The summed E-state index contributed by atoms with van der Waals surface area (Å²) in [7, 11) is 1.69. The first-order valence-electron chi connectivity index (χ1n) is 10.7. The molecule has 1 aliphatic heterocycles. The minimum atomic E-state index is 0.727. The zero-order valence-corrected chi connectivity index (χ0v) is 17.7. The molecule has 0 N–H and O–H groups in total. The summed E-state index contributed by atoms with van der Waals surface area (Å²) in [6, 6.07) is 16.9. The van der Waals surface area contributed by atoms with Crippen LogP contribution in [-0.4, -0.2) is 56.2 Å². The monoisotopic (exact) mass is 394 g/mol. The topological polar surface area (TPSA) is 24.9 Å². The first kappa shape index (κ1) is 21.4. The molecule has 0 saturated carbocycles. The van der Waals surface area contributed by atoms with E-state index in [1.54, 1.807) is 7.11 Å². The molecule has 0 radical (unpaired) electrons. The van der Waals surface area contributed by atoms with Gasteiger partial charge in [-0.15, -0.1) is 6.58 Å². The zero-order chi connectivity index (χ0) is 20.3. The van der Waals surface area contributed by atoms with E-state index in [4.69, 9.17) is 9.47 Å². The van der Waals surface area contributed by atoms with Gasteiger partial charge in [-0.05, 0) is 49.1 Å². The van der Waals surface area contributed by atoms with Crippen LogP contribution in [0.15, 0.2) is 61.2 Å². The summed E-state index contributed by atoms with van der Waals surface area (Å²) in [6.45, 7) is 11.4. The van der Waals surface area contributed by atoms with E-state index in [1.807, 2.05) is 18.2 Å². The van der Waals surface area contributed by atoms with Gasteiger partial charge in [0.05, 0.1) is 13.7 Å². The molecule has 1 aliphatic rings. The van der Waals surface area contributed by atoms with Crippen molar-refractivity contribution < 1.29 is 9.47 Å². The van der Waals surface area contributed by atoms with Gasteiger partial charge in [-0.1, -0.05) is 42.5 Å². The minimum absolute atomic E-state index is 0.727. The van der Waals surface area contributed by atoms with Crippen molar-refractivity contribution in [1.82, 2.24) is 9.80 Å². The van der Waals surface area contributed by atoms with Gasteiger partial charge in [0.1, 0.15) is 0 Å². The van der Waals surface area contributed by atoms with Crippen LogP contribution in [0, 0.1) is 0 Å². The number of benzene rings is 2. The Balaban J connectivity index is 1.31. The Hall–Kier alpha value is -2.30. The van der Waals surface area contributed by atoms with Gasteiger partial charge < -0.3 is 14.4 Å². The summed E-state index contributed by atoms with van der Waals surface area (Å²) in [5.41, 5.74) is 2.60. The highest BCUT2D eigenvalue weighted by Crippen LogP contribution is 2.28. The van der Waals surface area contributed by atoms with Crippen LogP contribution in [0.4, 0.5) is 0 Å². The first-order chi connectivity index (χ1) is 14.3. The van der Waals surface area contributed by atoms with Crippen molar-refractivity contribution in [1.29, 1.82) is 0 Å². The molecule has 2 aromatic rings. The Morgan fingerprint density at radius 1 is 0.897 bits per heavy atom. The number of unbranched alkanes of at least 4 members (excludes halogenated alkanes) is 1. The Bertz CT molecular complexity index is 740. The molecule has 0 aliphatic carbocycles. The highest BCUT2D eigenvalue weighted by molar-refractivity contribution is 5.43. The van der Waals surface area contributed by atoms with E-state index in [2.05, 4.69) is 52.8 Å². The first-order valence-corrected chi connectivity index (χ1v) is 10.7. The third-order valence-corrected chi connectivity index (χ3v) is 5.45. The second-order valence-electron chi connectivity index (χ2n) is 7.64. The number of rotatable bonds is 11. The van der Waals surface area contributed by atoms with Gasteiger partial charge in [-0.3, -0.25) is 4.90 Å². The maximum atomic E-state index is 5.96. The number of hydrogen-bond donors (Lipinski definition) is 0. The van der Waals surface area contributed by atoms with Crippen molar-refractivity contribution in [3.63, 3.8) is 0 Å².